The van der Waals surface area contributed by atoms with Crippen LogP contribution < -0.4 is 5.32 Å². The monoisotopic (exact) mass is 268 g/mol. The zero-order valence-electron chi connectivity index (χ0n) is 13.5. The largest absolute Gasteiger partial charge is 0.383 e. The van der Waals surface area contributed by atoms with Crippen LogP contribution in [-0.2, 0) is 4.74 Å². The molecule has 2 atom stereocenters. The first-order valence-electron chi connectivity index (χ1n) is 8.02. The van der Waals surface area contributed by atoms with Gasteiger partial charge in [0, 0.05) is 37.3 Å². The molecule has 2 rings (SSSR count). The predicted molar refractivity (Wildman–Crippen MR) is 80.5 cm³/mol. The molecule has 0 radical (unpaired) electrons. The highest BCUT2D eigenvalue weighted by molar-refractivity contribution is 5.09. The smallest absolute Gasteiger partial charge is 0.0615 e. The Morgan fingerprint density at radius 3 is 2.42 bits per heavy atom. The Balaban J connectivity index is 2.18. The molecule has 2 aliphatic rings. The van der Waals surface area contributed by atoms with Crippen molar-refractivity contribution >= 4 is 0 Å². The minimum atomic E-state index is 0.302. The van der Waals surface area contributed by atoms with Crippen LogP contribution in [-0.4, -0.2) is 48.8 Å². The Hall–Kier alpha value is -0.120. The highest BCUT2D eigenvalue weighted by Crippen LogP contribution is 2.46. The molecule has 2 fully saturated rings. The molecule has 3 nitrogen and oxygen atoms in total. The van der Waals surface area contributed by atoms with Gasteiger partial charge >= 0.3 is 0 Å². The van der Waals surface area contributed by atoms with Gasteiger partial charge in [0.15, 0.2) is 0 Å². The van der Waals surface area contributed by atoms with E-state index in [1.54, 1.807) is 0 Å². The van der Waals surface area contributed by atoms with E-state index < -0.39 is 0 Å². The minimum absolute atomic E-state index is 0.302. The van der Waals surface area contributed by atoms with Crippen LogP contribution in [0.5, 0.6) is 0 Å². The van der Waals surface area contributed by atoms with Crippen LogP contribution in [0.3, 0.4) is 0 Å². The molecule has 2 unspecified atom stereocenters. The van der Waals surface area contributed by atoms with E-state index in [0.29, 0.717) is 17.1 Å². The Kier molecular flexibility index (Phi) is 4.59. The lowest BCUT2D eigenvalue weighted by Crippen LogP contribution is -2.71. The van der Waals surface area contributed by atoms with E-state index in [-0.39, 0.29) is 0 Å². The van der Waals surface area contributed by atoms with Crippen molar-refractivity contribution < 1.29 is 4.74 Å². The summed E-state index contributed by atoms with van der Waals surface area (Å²) in [6.07, 6.45) is 5.22. The molecule has 112 valence electrons. The van der Waals surface area contributed by atoms with Gasteiger partial charge in [0.05, 0.1) is 6.61 Å². The number of hydrogen-bond donors (Lipinski definition) is 1. The lowest BCUT2D eigenvalue weighted by Gasteiger charge is -2.55. The van der Waals surface area contributed by atoms with Gasteiger partial charge in [-0.2, -0.15) is 0 Å². The molecule has 1 aliphatic carbocycles. The quantitative estimate of drug-likeness (QED) is 0.801. The van der Waals surface area contributed by atoms with E-state index in [2.05, 4.69) is 37.9 Å². The fourth-order valence-electron chi connectivity index (χ4n) is 3.83. The molecule has 19 heavy (non-hydrogen) atoms. The van der Waals surface area contributed by atoms with Gasteiger partial charge in [-0.1, -0.05) is 13.8 Å². The highest BCUT2D eigenvalue weighted by atomic mass is 16.5. The molecular weight excluding hydrogens is 236 g/mol. The van der Waals surface area contributed by atoms with Crippen LogP contribution in [0.15, 0.2) is 0 Å². The number of ether oxygens (including phenoxy) is 1. The average Bonchev–Trinajstić information content (AvgIpc) is 3.25. The predicted octanol–water partition coefficient (Wildman–Crippen LogP) is 2.65. The summed E-state index contributed by atoms with van der Waals surface area (Å²) in [6, 6.07) is 0.509. The Morgan fingerprint density at radius 2 is 1.95 bits per heavy atom. The molecule has 1 aliphatic heterocycles. The third kappa shape index (κ3) is 2.84. The summed E-state index contributed by atoms with van der Waals surface area (Å²) in [6.45, 7) is 12.5. The second kappa shape index (κ2) is 5.71. The van der Waals surface area contributed by atoms with Gasteiger partial charge in [-0.3, -0.25) is 4.90 Å². The average molecular weight is 268 g/mol. The Bertz CT molecular complexity index is 299. The third-order valence-corrected chi connectivity index (χ3v) is 5.70. The van der Waals surface area contributed by atoms with Gasteiger partial charge in [0.25, 0.3) is 0 Å². The van der Waals surface area contributed by atoms with Crippen molar-refractivity contribution in [2.75, 3.05) is 26.8 Å². The molecule has 0 aromatic heterocycles. The number of methoxy groups -OCH3 is 1. The molecule has 0 aromatic carbocycles. The van der Waals surface area contributed by atoms with Crippen LogP contribution in [0.2, 0.25) is 0 Å². The second-order valence-electron chi connectivity index (χ2n) is 6.90. The summed E-state index contributed by atoms with van der Waals surface area (Å²) in [5.74, 6) is 0.881. The fraction of sp³-hybridized carbons (Fsp3) is 1.00. The summed E-state index contributed by atoms with van der Waals surface area (Å²) in [5.41, 5.74) is 0.627. The first kappa shape index (κ1) is 15.3. The molecular formula is C16H32N2O. The van der Waals surface area contributed by atoms with Gasteiger partial charge in [-0.15, -0.1) is 0 Å². The fourth-order valence-corrected chi connectivity index (χ4v) is 3.83. The van der Waals surface area contributed by atoms with Crippen molar-refractivity contribution in [2.45, 2.75) is 70.5 Å². The molecule has 1 saturated heterocycles. The van der Waals surface area contributed by atoms with Crippen molar-refractivity contribution in [1.29, 1.82) is 0 Å². The molecule has 0 amide bonds. The maximum atomic E-state index is 5.42. The maximum Gasteiger partial charge on any atom is 0.0615 e. The number of piperazine rings is 1. The Morgan fingerprint density at radius 1 is 1.32 bits per heavy atom. The number of nitrogens with one attached hydrogen (secondary N) is 1. The SMILES string of the molecule is CCC1(CC)CN(C(C)COC)C(C)(C2CC2)CN1. The van der Waals surface area contributed by atoms with E-state index in [1.807, 2.05) is 7.11 Å². The van der Waals surface area contributed by atoms with Crippen molar-refractivity contribution in [3.8, 4) is 0 Å². The van der Waals surface area contributed by atoms with Gasteiger partial charge < -0.3 is 10.1 Å². The van der Waals surface area contributed by atoms with Crippen LogP contribution in [0, 0.1) is 5.92 Å². The lowest BCUT2D eigenvalue weighted by molar-refractivity contribution is -0.0469. The van der Waals surface area contributed by atoms with Crippen LogP contribution >= 0.6 is 0 Å². The van der Waals surface area contributed by atoms with Crippen molar-refractivity contribution in [3.05, 3.63) is 0 Å². The topological polar surface area (TPSA) is 24.5 Å². The van der Waals surface area contributed by atoms with Gasteiger partial charge in [0.1, 0.15) is 0 Å². The molecule has 0 aromatic rings. The first-order valence-corrected chi connectivity index (χ1v) is 8.02. The van der Waals surface area contributed by atoms with E-state index in [1.165, 1.54) is 25.7 Å². The number of hydrogen-bond acceptors (Lipinski definition) is 3. The zero-order valence-corrected chi connectivity index (χ0v) is 13.5. The standard InChI is InChI=1S/C16H32N2O/c1-6-16(7-2)12-18(13(3)10-19-5)15(4,11-17-16)14-8-9-14/h13-14,17H,6-12H2,1-5H3. The summed E-state index contributed by atoms with van der Waals surface area (Å²) in [4.78, 5) is 2.75. The van der Waals surface area contributed by atoms with E-state index >= 15 is 0 Å². The molecule has 1 N–H and O–H groups in total. The van der Waals surface area contributed by atoms with Crippen molar-refractivity contribution in [2.24, 2.45) is 5.92 Å². The third-order valence-electron chi connectivity index (χ3n) is 5.70. The highest BCUT2D eigenvalue weighted by Gasteiger charge is 2.52. The van der Waals surface area contributed by atoms with Crippen molar-refractivity contribution in [1.82, 2.24) is 10.2 Å². The van der Waals surface area contributed by atoms with Crippen LogP contribution in [0.25, 0.3) is 0 Å². The normalized spacial score (nSPS) is 33.3. The van der Waals surface area contributed by atoms with Gasteiger partial charge in [0.2, 0.25) is 0 Å². The van der Waals surface area contributed by atoms with Crippen LogP contribution in [0.4, 0.5) is 0 Å². The Labute approximate surface area is 119 Å². The molecule has 1 saturated carbocycles. The molecule has 0 spiro atoms. The zero-order chi connectivity index (χ0) is 14.1. The summed E-state index contributed by atoms with van der Waals surface area (Å²) < 4.78 is 5.42. The maximum absolute atomic E-state index is 5.42. The van der Waals surface area contributed by atoms with Gasteiger partial charge in [-0.05, 0) is 45.4 Å². The molecule has 0 bridgehead atoms. The number of nitrogens with zero attached hydrogens (tertiary/aromatic N) is 1. The van der Waals surface area contributed by atoms with Gasteiger partial charge in [-0.25, -0.2) is 0 Å². The minimum Gasteiger partial charge on any atom is -0.383 e. The summed E-state index contributed by atoms with van der Waals surface area (Å²) >= 11 is 0. The number of rotatable bonds is 6. The lowest BCUT2D eigenvalue weighted by atomic mass is 9.81. The second-order valence-corrected chi connectivity index (χ2v) is 6.90. The van der Waals surface area contributed by atoms with E-state index in [4.69, 9.17) is 4.74 Å². The first-order chi connectivity index (χ1) is 9.01. The van der Waals surface area contributed by atoms with E-state index in [0.717, 1.165) is 25.6 Å². The summed E-state index contributed by atoms with van der Waals surface area (Å²) in [7, 11) is 1.82. The molecule has 1 heterocycles. The van der Waals surface area contributed by atoms with Crippen molar-refractivity contribution in [3.63, 3.8) is 0 Å². The summed E-state index contributed by atoms with van der Waals surface area (Å²) in [5, 5.41) is 3.89. The van der Waals surface area contributed by atoms with Crippen LogP contribution in [0.1, 0.15) is 53.4 Å². The molecule has 3 heteroatoms. The van der Waals surface area contributed by atoms with E-state index in [9.17, 15) is 0 Å².